The van der Waals surface area contributed by atoms with E-state index in [2.05, 4.69) is 16.9 Å². The lowest BCUT2D eigenvalue weighted by Crippen LogP contribution is -2.15. The minimum absolute atomic E-state index is 0.0212. The first kappa shape index (κ1) is 17.0. The molecule has 7 heteroatoms. The molecule has 0 spiro atoms. The highest BCUT2D eigenvalue weighted by atomic mass is 32.2. The van der Waals surface area contributed by atoms with Gasteiger partial charge in [0.15, 0.2) is 5.58 Å². The van der Waals surface area contributed by atoms with Crippen molar-refractivity contribution in [2.75, 3.05) is 0 Å². The zero-order valence-electron chi connectivity index (χ0n) is 15.1. The average Bonchev–Trinajstić information content (AvgIpc) is 3.21. The van der Waals surface area contributed by atoms with E-state index in [1.54, 1.807) is 11.3 Å². The Bertz CT molecular complexity index is 1170. The monoisotopic (exact) mass is 397 g/mol. The molecule has 0 saturated carbocycles. The summed E-state index contributed by atoms with van der Waals surface area (Å²) >= 11 is 3.15. The fourth-order valence-corrected chi connectivity index (χ4v) is 5.87. The van der Waals surface area contributed by atoms with E-state index < -0.39 is 0 Å². The minimum atomic E-state index is -0.0618. The third-order valence-electron chi connectivity index (χ3n) is 5.12. The van der Waals surface area contributed by atoms with Crippen LogP contribution in [0.3, 0.4) is 0 Å². The van der Waals surface area contributed by atoms with Crippen LogP contribution in [-0.4, -0.2) is 15.0 Å². The third kappa shape index (κ3) is 2.99. The molecule has 0 saturated heterocycles. The summed E-state index contributed by atoms with van der Waals surface area (Å²) in [6, 6.07) is 7.70. The second-order valence-corrected chi connectivity index (χ2v) is 9.57. The highest BCUT2D eigenvalue weighted by molar-refractivity contribution is 7.99. The molecule has 0 amide bonds. The Labute approximate surface area is 164 Å². The molecule has 1 N–H and O–H groups in total. The fourth-order valence-electron chi connectivity index (χ4n) is 3.67. The summed E-state index contributed by atoms with van der Waals surface area (Å²) < 4.78 is 5.79. The SMILES string of the molecule is CC1CCc2c(sc3nc(C(C)Sc4nc5ccccc5o4)[nH]c(=O)c23)C1. The lowest BCUT2D eigenvalue weighted by atomic mass is 9.89. The van der Waals surface area contributed by atoms with E-state index in [-0.39, 0.29) is 10.8 Å². The number of oxazole rings is 1. The number of thiophene rings is 1. The van der Waals surface area contributed by atoms with Gasteiger partial charge in [-0.3, -0.25) is 4.79 Å². The number of benzene rings is 1. The summed E-state index contributed by atoms with van der Waals surface area (Å²) in [6.45, 7) is 4.29. The molecule has 1 aliphatic carbocycles. The van der Waals surface area contributed by atoms with Gasteiger partial charge in [0.1, 0.15) is 16.2 Å². The number of fused-ring (bicyclic) bond motifs is 4. The lowest BCUT2D eigenvalue weighted by Gasteiger charge is -2.17. The molecule has 1 aromatic carbocycles. The van der Waals surface area contributed by atoms with Crippen LogP contribution < -0.4 is 5.56 Å². The lowest BCUT2D eigenvalue weighted by molar-refractivity contribution is 0.488. The predicted octanol–water partition coefficient (Wildman–Crippen LogP) is 5.10. The molecule has 138 valence electrons. The van der Waals surface area contributed by atoms with Gasteiger partial charge in [-0.15, -0.1) is 11.3 Å². The Morgan fingerprint density at radius 2 is 2.19 bits per heavy atom. The summed E-state index contributed by atoms with van der Waals surface area (Å²) in [7, 11) is 0. The van der Waals surface area contributed by atoms with E-state index >= 15 is 0 Å². The van der Waals surface area contributed by atoms with E-state index in [9.17, 15) is 4.79 Å². The Morgan fingerprint density at radius 3 is 3.04 bits per heavy atom. The van der Waals surface area contributed by atoms with E-state index in [1.165, 1.54) is 22.2 Å². The average molecular weight is 398 g/mol. The van der Waals surface area contributed by atoms with Crippen LogP contribution in [0, 0.1) is 5.92 Å². The molecule has 0 aliphatic heterocycles. The molecule has 2 atom stereocenters. The molecule has 1 aliphatic rings. The van der Waals surface area contributed by atoms with E-state index in [4.69, 9.17) is 9.40 Å². The van der Waals surface area contributed by atoms with Gasteiger partial charge in [-0.25, -0.2) is 9.97 Å². The van der Waals surface area contributed by atoms with Crippen molar-refractivity contribution < 1.29 is 4.42 Å². The summed E-state index contributed by atoms with van der Waals surface area (Å²) in [5.41, 5.74) is 2.80. The number of nitrogens with one attached hydrogen (secondary N) is 1. The Hall–Kier alpha value is -2.12. The van der Waals surface area contributed by atoms with Crippen molar-refractivity contribution in [1.82, 2.24) is 15.0 Å². The maximum Gasteiger partial charge on any atom is 0.259 e. The topological polar surface area (TPSA) is 71.8 Å². The fraction of sp³-hybridized carbons (Fsp3) is 0.350. The van der Waals surface area contributed by atoms with Gasteiger partial charge in [0.25, 0.3) is 10.8 Å². The third-order valence-corrected chi connectivity index (χ3v) is 7.22. The van der Waals surface area contributed by atoms with E-state index in [0.717, 1.165) is 40.6 Å². The van der Waals surface area contributed by atoms with Gasteiger partial charge >= 0.3 is 0 Å². The first-order valence-corrected chi connectivity index (χ1v) is 10.8. The van der Waals surface area contributed by atoms with Crippen molar-refractivity contribution in [2.24, 2.45) is 5.92 Å². The zero-order valence-corrected chi connectivity index (χ0v) is 16.7. The van der Waals surface area contributed by atoms with Crippen LogP contribution in [-0.2, 0) is 12.8 Å². The molecule has 0 radical (unpaired) electrons. The van der Waals surface area contributed by atoms with Gasteiger partial charge in [0.2, 0.25) is 0 Å². The second kappa shape index (κ2) is 6.49. The standard InChI is InChI=1S/C20H19N3O2S2/c1-10-7-8-12-15(9-10)27-19-16(12)18(24)22-17(23-19)11(2)26-20-21-13-5-3-4-6-14(13)25-20/h3-6,10-11H,7-9H2,1-2H3,(H,22,23,24). The van der Waals surface area contributed by atoms with Gasteiger partial charge in [-0.2, -0.15) is 0 Å². The van der Waals surface area contributed by atoms with Crippen LogP contribution in [0.15, 0.2) is 38.7 Å². The summed E-state index contributed by atoms with van der Waals surface area (Å²) in [5, 5.41) is 1.32. The molecular weight excluding hydrogens is 378 g/mol. The Balaban J connectivity index is 1.49. The highest BCUT2D eigenvalue weighted by Gasteiger charge is 2.24. The number of aryl methyl sites for hydroxylation is 1. The summed E-state index contributed by atoms with van der Waals surface area (Å²) in [6.07, 6.45) is 3.18. The number of rotatable bonds is 3. The maximum absolute atomic E-state index is 12.8. The van der Waals surface area contributed by atoms with Crippen molar-refractivity contribution in [3.8, 4) is 0 Å². The summed E-state index contributed by atoms with van der Waals surface area (Å²) in [4.78, 5) is 27.3. The van der Waals surface area contributed by atoms with Crippen molar-refractivity contribution >= 4 is 44.4 Å². The number of aromatic amines is 1. The molecule has 0 fully saturated rings. The smallest absolute Gasteiger partial charge is 0.259 e. The van der Waals surface area contributed by atoms with Crippen molar-refractivity contribution in [2.45, 2.75) is 43.6 Å². The van der Waals surface area contributed by atoms with E-state index in [0.29, 0.717) is 17.0 Å². The number of thioether (sulfide) groups is 1. The first-order valence-electron chi connectivity index (χ1n) is 9.15. The Kier molecular flexibility index (Phi) is 4.09. The quantitative estimate of drug-likeness (QED) is 0.487. The molecule has 0 bridgehead atoms. The largest absolute Gasteiger partial charge is 0.431 e. The normalized spacial score (nSPS) is 18.1. The highest BCUT2D eigenvalue weighted by Crippen LogP contribution is 2.38. The first-order chi connectivity index (χ1) is 13.1. The second-order valence-electron chi connectivity index (χ2n) is 7.19. The number of hydrogen-bond acceptors (Lipinski definition) is 6. The van der Waals surface area contributed by atoms with Crippen LogP contribution in [0.4, 0.5) is 0 Å². The molecule has 27 heavy (non-hydrogen) atoms. The van der Waals surface area contributed by atoms with Gasteiger partial charge < -0.3 is 9.40 Å². The number of nitrogens with zero attached hydrogens (tertiary/aromatic N) is 2. The Morgan fingerprint density at radius 1 is 1.33 bits per heavy atom. The van der Waals surface area contributed by atoms with Gasteiger partial charge in [0.05, 0.1) is 10.6 Å². The van der Waals surface area contributed by atoms with Gasteiger partial charge in [-0.05, 0) is 49.8 Å². The van der Waals surface area contributed by atoms with Gasteiger partial charge in [-0.1, -0.05) is 30.8 Å². The predicted molar refractivity (Wildman–Crippen MR) is 110 cm³/mol. The van der Waals surface area contributed by atoms with Crippen molar-refractivity contribution in [3.05, 3.63) is 50.9 Å². The molecule has 5 rings (SSSR count). The molecule has 5 nitrogen and oxygen atoms in total. The number of hydrogen-bond donors (Lipinski definition) is 1. The minimum Gasteiger partial charge on any atom is -0.431 e. The van der Waals surface area contributed by atoms with Crippen LogP contribution in [0.25, 0.3) is 21.3 Å². The van der Waals surface area contributed by atoms with Crippen molar-refractivity contribution in [3.63, 3.8) is 0 Å². The molecular formula is C20H19N3O2S2. The van der Waals surface area contributed by atoms with Crippen LogP contribution in [0.5, 0.6) is 0 Å². The number of aromatic nitrogens is 3. The maximum atomic E-state index is 12.8. The van der Waals surface area contributed by atoms with Gasteiger partial charge in [0, 0.05) is 4.88 Å². The molecule has 3 heterocycles. The van der Waals surface area contributed by atoms with Crippen LogP contribution in [0.1, 0.15) is 41.8 Å². The van der Waals surface area contributed by atoms with Crippen LogP contribution in [0.2, 0.25) is 0 Å². The molecule has 3 aromatic heterocycles. The molecule has 4 aromatic rings. The number of para-hydroxylation sites is 2. The summed E-state index contributed by atoms with van der Waals surface area (Å²) in [5.74, 6) is 1.35. The van der Waals surface area contributed by atoms with E-state index in [1.807, 2.05) is 31.2 Å². The zero-order chi connectivity index (χ0) is 18.5. The number of H-pyrrole nitrogens is 1. The van der Waals surface area contributed by atoms with Crippen LogP contribution >= 0.6 is 23.1 Å². The molecule has 2 unspecified atom stereocenters. The van der Waals surface area contributed by atoms with Crippen molar-refractivity contribution in [1.29, 1.82) is 0 Å².